The average Bonchev–Trinajstić information content (AvgIpc) is 3.20. The van der Waals surface area contributed by atoms with Crippen molar-refractivity contribution in [1.82, 2.24) is 9.88 Å². The fraction of sp³-hybridized carbons (Fsp3) is 0.227. The van der Waals surface area contributed by atoms with Crippen molar-refractivity contribution in [3.63, 3.8) is 0 Å². The third kappa shape index (κ3) is 4.86. The van der Waals surface area contributed by atoms with Crippen molar-refractivity contribution in [2.75, 3.05) is 37.6 Å². The summed E-state index contributed by atoms with van der Waals surface area (Å²) < 4.78 is 1.10. The van der Waals surface area contributed by atoms with Crippen LogP contribution in [-0.4, -0.2) is 42.6 Å². The molecule has 2 aromatic carbocycles. The number of piperazine rings is 1. The average molecular weight is 440 g/mol. The molecule has 0 N–H and O–H groups in total. The maximum Gasteiger partial charge on any atom is 0.185 e. The van der Waals surface area contributed by atoms with Gasteiger partial charge in [-0.3, -0.25) is 4.90 Å². The van der Waals surface area contributed by atoms with Crippen LogP contribution in [0.25, 0.3) is 17.3 Å². The van der Waals surface area contributed by atoms with Gasteiger partial charge in [-0.1, -0.05) is 70.5 Å². The Balaban J connectivity index is 1.30. The maximum absolute atomic E-state index is 4.86. The zero-order valence-corrected chi connectivity index (χ0v) is 17.5. The van der Waals surface area contributed by atoms with Gasteiger partial charge in [0.05, 0.1) is 5.69 Å². The number of aromatic nitrogens is 1. The molecule has 3 nitrogen and oxygen atoms in total. The third-order valence-corrected chi connectivity index (χ3v) is 6.18. The summed E-state index contributed by atoms with van der Waals surface area (Å²) in [5.74, 6) is 0. The Morgan fingerprint density at radius 3 is 2.44 bits per heavy atom. The van der Waals surface area contributed by atoms with E-state index < -0.39 is 0 Å². The molecule has 0 spiro atoms. The first kappa shape index (κ1) is 18.4. The second-order valence-corrected chi connectivity index (χ2v) is 8.38. The van der Waals surface area contributed by atoms with Gasteiger partial charge in [-0.25, -0.2) is 4.98 Å². The van der Waals surface area contributed by atoms with Crippen molar-refractivity contribution in [3.05, 3.63) is 76.1 Å². The van der Waals surface area contributed by atoms with Gasteiger partial charge in [0, 0.05) is 48.1 Å². The summed E-state index contributed by atoms with van der Waals surface area (Å²) in [5, 5.41) is 3.29. The Bertz CT molecular complexity index is 881. The molecule has 1 aliphatic heterocycles. The van der Waals surface area contributed by atoms with Crippen molar-refractivity contribution >= 4 is 38.5 Å². The topological polar surface area (TPSA) is 19.4 Å². The molecule has 0 radical (unpaired) electrons. The number of anilines is 1. The Morgan fingerprint density at radius 2 is 1.70 bits per heavy atom. The molecular weight excluding hydrogens is 418 g/mol. The lowest BCUT2D eigenvalue weighted by molar-refractivity contribution is 0.284. The SMILES string of the molecule is Brc1ccc(-c2csc(N3CCN(CC=Cc4ccccc4)CC3)n2)cc1. The molecule has 1 aromatic heterocycles. The lowest BCUT2D eigenvalue weighted by Gasteiger charge is -2.33. The standard InChI is InChI=1S/C22H22BrN3S/c23-20-10-8-19(9-11-20)21-17-27-22(24-21)26-15-13-25(14-16-26)12-4-7-18-5-2-1-3-6-18/h1-11,17H,12-16H2. The van der Waals surface area contributed by atoms with Gasteiger partial charge < -0.3 is 4.90 Å². The number of thiazole rings is 1. The number of hydrogen-bond donors (Lipinski definition) is 0. The molecule has 1 saturated heterocycles. The van der Waals surface area contributed by atoms with Crippen LogP contribution in [0.15, 0.2) is 70.5 Å². The molecule has 0 amide bonds. The highest BCUT2D eigenvalue weighted by Gasteiger charge is 2.18. The van der Waals surface area contributed by atoms with Gasteiger partial charge >= 0.3 is 0 Å². The second-order valence-electron chi connectivity index (χ2n) is 6.62. The Labute approximate surface area is 173 Å². The molecule has 4 rings (SSSR count). The number of nitrogens with zero attached hydrogens (tertiary/aromatic N) is 3. The van der Waals surface area contributed by atoms with Crippen LogP contribution in [0.2, 0.25) is 0 Å². The van der Waals surface area contributed by atoms with E-state index in [1.165, 1.54) is 11.1 Å². The first-order valence-corrected chi connectivity index (χ1v) is 10.9. The Hall–Kier alpha value is -1.95. The van der Waals surface area contributed by atoms with E-state index in [0.29, 0.717) is 0 Å². The predicted octanol–water partition coefficient (Wildman–Crippen LogP) is 5.41. The van der Waals surface area contributed by atoms with Crippen molar-refractivity contribution in [3.8, 4) is 11.3 Å². The summed E-state index contributed by atoms with van der Waals surface area (Å²) in [6, 6.07) is 18.8. The van der Waals surface area contributed by atoms with Crippen LogP contribution in [0.3, 0.4) is 0 Å². The lowest BCUT2D eigenvalue weighted by atomic mass is 10.2. The third-order valence-electron chi connectivity index (χ3n) is 4.75. The molecule has 3 aromatic rings. The summed E-state index contributed by atoms with van der Waals surface area (Å²) in [6.45, 7) is 5.22. The summed E-state index contributed by atoms with van der Waals surface area (Å²) in [5.41, 5.74) is 3.50. The lowest BCUT2D eigenvalue weighted by Crippen LogP contribution is -2.46. The van der Waals surface area contributed by atoms with Gasteiger partial charge in [0.2, 0.25) is 0 Å². The van der Waals surface area contributed by atoms with Crippen molar-refractivity contribution in [1.29, 1.82) is 0 Å². The summed E-state index contributed by atoms with van der Waals surface area (Å²) >= 11 is 5.23. The minimum Gasteiger partial charge on any atom is -0.346 e. The van der Waals surface area contributed by atoms with E-state index in [1.54, 1.807) is 11.3 Å². The van der Waals surface area contributed by atoms with Crippen LogP contribution >= 0.6 is 27.3 Å². The number of benzene rings is 2. The van der Waals surface area contributed by atoms with E-state index in [0.717, 1.165) is 48.0 Å². The van der Waals surface area contributed by atoms with Crippen molar-refractivity contribution in [2.24, 2.45) is 0 Å². The quantitative estimate of drug-likeness (QED) is 0.529. The smallest absolute Gasteiger partial charge is 0.185 e. The second kappa shape index (κ2) is 8.83. The highest BCUT2D eigenvalue weighted by atomic mass is 79.9. The van der Waals surface area contributed by atoms with E-state index in [9.17, 15) is 0 Å². The molecular formula is C22H22BrN3S. The molecule has 0 unspecified atom stereocenters. The van der Waals surface area contributed by atoms with Crippen LogP contribution in [0.1, 0.15) is 5.56 Å². The van der Waals surface area contributed by atoms with E-state index >= 15 is 0 Å². The first-order chi connectivity index (χ1) is 13.3. The van der Waals surface area contributed by atoms with Crippen molar-refractivity contribution in [2.45, 2.75) is 0 Å². The Kier molecular flexibility index (Phi) is 6.02. The van der Waals surface area contributed by atoms with Crippen molar-refractivity contribution < 1.29 is 0 Å². The largest absolute Gasteiger partial charge is 0.346 e. The molecule has 0 aliphatic carbocycles. The molecule has 2 heterocycles. The monoisotopic (exact) mass is 439 g/mol. The highest BCUT2D eigenvalue weighted by Crippen LogP contribution is 2.28. The van der Waals surface area contributed by atoms with Gasteiger partial charge in [-0.2, -0.15) is 0 Å². The zero-order chi connectivity index (χ0) is 18.5. The van der Waals surface area contributed by atoms with Crippen LogP contribution < -0.4 is 4.90 Å². The highest BCUT2D eigenvalue weighted by molar-refractivity contribution is 9.10. The van der Waals surface area contributed by atoms with Crippen LogP contribution in [0, 0.1) is 0 Å². The van der Waals surface area contributed by atoms with Crippen LogP contribution in [0.5, 0.6) is 0 Å². The molecule has 0 saturated carbocycles. The van der Waals surface area contributed by atoms with E-state index in [1.807, 2.05) is 0 Å². The summed E-state index contributed by atoms with van der Waals surface area (Å²) in [4.78, 5) is 9.76. The number of rotatable bonds is 5. The maximum atomic E-state index is 4.86. The summed E-state index contributed by atoms with van der Waals surface area (Å²) in [6.07, 6.45) is 4.47. The molecule has 0 bridgehead atoms. The van der Waals surface area contributed by atoms with Crippen LogP contribution in [0.4, 0.5) is 5.13 Å². The normalized spacial score (nSPS) is 15.5. The molecule has 1 fully saturated rings. The first-order valence-electron chi connectivity index (χ1n) is 9.18. The van der Waals surface area contributed by atoms with Gasteiger partial charge in [0.15, 0.2) is 5.13 Å². The number of hydrogen-bond acceptors (Lipinski definition) is 4. The minimum absolute atomic E-state index is 1.00. The van der Waals surface area contributed by atoms with E-state index in [2.05, 4.69) is 97.9 Å². The molecule has 0 atom stereocenters. The van der Waals surface area contributed by atoms with Gasteiger partial charge in [-0.05, 0) is 17.7 Å². The Morgan fingerprint density at radius 1 is 0.963 bits per heavy atom. The molecule has 138 valence electrons. The van der Waals surface area contributed by atoms with Crippen LogP contribution in [-0.2, 0) is 0 Å². The van der Waals surface area contributed by atoms with E-state index in [4.69, 9.17) is 4.98 Å². The minimum atomic E-state index is 1.00. The molecule has 1 aliphatic rings. The summed E-state index contributed by atoms with van der Waals surface area (Å²) in [7, 11) is 0. The number of halogens is 1. The fourth-order valence-electron chi connectivity index (χ4n) is 3.19. The fourth-order valence-corrected chi connectivity index (χ4v) is 4.34. The molecule has 27 heavy (non-hydrogen) atoms. The van der Waals surface area contributed by atoms with Gasteiger partial charge in [0.1, 0.15) is 0 Å². The molecule has 5 heteroatoms. The predicted molar refractivity (Wildman–Crippen MR) is 119 cm³/mol. The zero-order valence-electron chi connectivity index (χ0n) is 15.1. The van der Waals surface area contributed by atoms with Gasteiger partial charge in [0.25, 0.3) is 0 Å². The van der Waals surface area contributed by atoms with E-state index in [-0.39, 0.29) is 0 Å². The van der Waals surface area contributed by atoms with Gasteiger partial charge in [-0.15, -0.1) is 11.3 Å².